The van der Waals surface area contributed by atoms with Crippen LogP contribution in [0.25, 0.3) is 0 Å². The molecule has 144 valence electrons. The highest BCUT2D eigenvalue weighted by molar-refractivity contribution is 6.00. The van der Waals surface area contributed by atoms with Gasteiger partial charge in [0, 0.05) is 37.3 Å². The number of amides is 2. The first-order valence-electron chi connectivity index (χ1n) is 9.02. The summed E-state index contributed by atoms with van der Waals surface area (Å²) in [6.45, 7) is 13.2. The molecule has 7 nitrogen and oxygen atoms in total. The van der Waals surface area contributed by atoms with Gasteiger partial charge in [-0.05, 0) is 26.3 Å². The van der Waals surface area contributed by atoms with E-state index in [0.29, 0.717) is 48.7 Å². The van der Waals surface area contributed by atoms with Gasteiger partial charge >= 0.3 is 5.97 Å². The number of hydrogen-bond donors (Lipinski definition) is 1. The molecule has 1 aliphatic heterocycles. The number of H-pyrrole nitrogens is 1. The summed E-state index contributed by atoms with van der Waals surface area (Å²) in [6.07, 6.45) is 0. The molecule has 2 heterocycles. The zero-order valence-electron chi connectivity index (χ0n) is 16.6. The second-order valence-electron chi connectivity index (χ2n) is 7.68. The molecule has 1 fully saturated rings. The number of carbonyl (C=O) groups is 3. The lowest BCUT2D eigenvalue weighted by atomic mass is 9.94. The Balaban J connectivity index is 2.11. The van der Waals surface area contributed by atoms with Crippen molar-refractivity contribution >= 4 is 17.8 Å². The Morgan fingerprint density at radius 3 is 2.08 bits per heavy atom. The molecular formula is C19H29N3O4. The van der Waals surface area contributed by atoms with Gasteiger partial charge in [-0.1, -0.05) is 20.8 Å². The second-order valence-corrected chi connectivity index (χ2v) is 7.68. The first-order chi connectivity index (χ1) is 12.1. The van der Waals surface area contributed by atoms with E-state index in [1.807, 2.05) is 20.8 Å². The lowest BCUT2D eigenvalue weighted by molar-refractivity contribution is -0.140. The molecule has 0 unspecified atom stereocenters. The van der Waals surface area contributed by atoms with E-state index in [2.05, 4.69) is 4.98 Å². The third-order valence-electron chi connectivity index (χ3n) is 4.63. The van der Waals surface area contributed by atoms with Gasteiger partial charge in [-0.3, -0.25) is 9.59 Å². The normalized spacial score (nSPS) is 15.2. The zero-order chi connectivity index (χ0) is 19.6. The van der Waals surface area contributed by atoms with Crippen LogP contribution in [0.15, 0.2) is 0 Å². The Labute approximate surface area is 154 Å². The second kappa shape index (κ2) is 7.51. The summed E-state index contributed by atoms with van der Waals surface area (Å²) in [5.41, 5.74) is 1.66. The van der Waals surface area contributed by atoms with Crippen molar-refractivity contribution in [2.75, 3.05) is 32.8 Å². The van der Waals surface area contributed by atoms with E-state index in [9.17, 15) is 14.4 Å². The van der Waals surface area contributed by atoms with Crippen molar-refractivity contribution in [1.29, 1.82) is 0 Å². The van der Waals surface area contributed by atoms with E-state index in [4.69, 9.17) is 4.74 Å². The molecule has 1 N–H and O–H groups in total. The predicted octanol–water partition coefficient (Wildman–Crippen LogP) is 2.14. The van der Waals surface area contributed by atoms with Gasteiger partial charge in [0.2, 0.25) is 5.91 Å². The first kappa shape index (κ1) is 20.0. The minimum Gasteiger partial charge on any atom is -0.462 e. The number of esters is 1. The van der Waals surface area contributed by atoms with E-state index in [0.717, 1.165) is 0 Å². The van der Waals surface area contributed by atoms with Gasteiger partial charge in [-0.2, -0.15) is 0 Å². The van der Waals surface area contributed by atoms with Gasteiger partial charge in [0.05, 0.1) is 12.2 Å². The van der Waals surface area contributed by atoms with Gasteiger partial charge in [0.25, 0.3) is 5.91 Å². The summed E-state index contributed by atoms with van der Waals surface area (Å²) in [4.78, 5) is 43.9. The van der Waals surface area contributed by atoms with Crippen LogP contribution in [0.1, 0.15) is 59.8 Å². The Morgan fingerprint density at radius 1 is 1.04 bits per heavy atom. The molecule has 0 aliphatic carbocycles. The molecule has 26 heavy (non-hydrogen) atoms. The van der Waals surface area contributed by atoms with Crippen LogP contribution in [0.3, 0.4) is 0 Å². The monoisotopic (exact) mass is 363 g/mol. The smallest absolute Gasteiger partial charge is 0.340 e. The highest BCUT2D eigenvalue weighted by Gasteiger charge is 2.32. The predicted molar refractivity (Wildman–Crippen MR) is 98.2 cm³/mol. The van der Waals surface area contributed by atoms with Crippen molar-refractivity contribution in [3.63, 3.8) is 0 Å². The molecule has 2 rings (SSSR count). The number of piperazine rings is 1. The standard InChI is InChI=1S/C19H29N3O4/c1-7-26-17(24)14-12(2)15(20-13(14)3)16(23)21-8-10-22(11-9-21)18(25)19(4,5)6/h20H,7-11H2,1-6H3. The van der Waals surface area contributed by atoms with Crippen LogP contribution in [-0.4, -0.2) is 65.4 Å². The number of aryl methyl sites for hydroxylation is 1. The molecule has 0 spiro atoms. The number of rotatable bonds is 3. The lowest BCUT2D eigenvalue weighted by Gasteiger charge is -2.37. The SMILES string of the molecule is CCOC(=O)c1c(C)[nH]c(C(=O)N2CCN(C(=O)C(C)(C)C)CC2)c1C. The topological polar surface area (TPSA) is 82.7 Å². The van der Waals surface area contributed by atoms with Crippen molar-refractivity contribution in [2.45, 2.75) is 41.5 Å². The molecule has 0 atom stereocenters. The molecule has 1 saturated heterocycles. The Kier molecular flexibility index (Phi) is 5.78. The summed E-state index contributed by atoms with van der Waals surface area (Å²) in [5.74, 6) is -0.469. The van der Waals surface area contributed by atoms with Gasteiger partial charge in [0.1, 0.15) is 5.69 Å². The van der Waals surface area contributed by atoms with E-state index in [1.165, 1.54) is 0 Å². The minimum absolute atomic E-state index is 0.0982. The fourth-order valence-corrected chi connectivity index (χ4v) is 3.22. The maximum atomic E-state index is 12.9. The molecule has 1 aliphatic rings. The highest BCUT2D eigenvalue weighted by atomic mass is 16.5. The van der Waals surface area contributed by atoms with Gasteiger partial charge in [0.15, 0.2) is 0 Å². The average molecular weight is 363 g/mol. The van der Waals surface area contributed by atoms with Crippen molar-refractivity contribution in [3.05, 3.63) is 22.5 Å². The summed E-state index contributed by atoms with van der Waals surface area (Å²) >= 11 is 0. The maximum absolute atomic E-state index is 12.9. The number of hydrogen-bond acceptors (Lipinski definition) is 4. The van der Waals surface area contributed by atoms with Crippen LogP contribution >= 0.6 is 0 Å². The number of ether oxygens (including phenoxy) is 1. The molecule has 7 heteroatoms. The van der Waals surface area contributed by atoms with Crippen LogP contribution in [-0.2, 0) is 9.53 Å². The summed E-state index contributed by atoms with van der Waals surface area (Å²) < 4.78 is 5.07. The maximum Gasteiger partial charge on any atom is 0.340 e. The minimum atomic E-state index is -0.423. The first-order valence-corrected chi connectivity index (χ1v) is 9.02. The summed E-state index contributed by atoms with van der Waals surface area (Å²) in [6, 6.07) is 0. The number of carbonyl (C=O) groups excluding carboxylic acids is 3. The van der Waals surface area contributed by atoms with Crippen LogP contribution in [0, 0.1) is 19.3 Å². The van der Waals surface area contributed by atoms with Crippen molar-refractivity contribution in [1.82, 2.24) is 14.8 Å². The van der Waals surface area contributed by atoms with Gasteiger partial charge in [-0.15, -0.1) is 0 Å². The molecule has 1 aromatic rings. The lowest BCUT2D eigenvalue weighted by Crippen LogP contribution is -2.53. The number of nitrogens with one attached hydrogen (secondary N) is 1. The van der Waals surface area contributed by atoms with Crippen LogP contribution in [0.4, 0.5) is 0 Å². The number of aromatic amines is 1. The Morgan fingerprint density at radius 2 is 1.58 bits per heavy atom. The van der Waals surface area contributed by atoms with E-state index < -0.39 is 11.4 Å². The number of nitrogens with zero attached hydrogens (tertiary/aromatic N) is 2. The molecule has 0 saturated carbocycles. The third-order valence-corrected chi connectivity index (χ3v) is 4.63. The van der Waals surface area contributed by atoms with Crippen molar-refractivity contribution < 1.29 is 19.1 Å². The fourth-order valence-electron chi connectivity index (χ4n) is 3.22. The van der Waals surface area contributed by atoms with Gasteiger partial charge in [-0.25, -0.2) is 4.79 Å². The van der Waals surface area contributed by atoms with Crippen molar-refractivity contribution in [3.8, 4) is 0 Å². The number of aromatic nitrogens is 1. The summed E-state index contributed by atoms with van der Waals surface area (Å²) in [7, 11) is 0. The molecular weight excluding hydrogens is 334 g/mol. The Hall–Kier alpha value is -2.31. The third kappa shape index (κ3) is 3.92. The average Bonchev–Trinajstić information content (AvgIpc) is 2.87. The fraction of sp³-hybridized carbons (Fsp3) is 0.632. The van der Waals surface area contributed by atoms with Crippen LogP contribution < -0.4 is 0 Å². The molecule has 0 aromatic carbocycles. The highest BCUT2D eigenvalue weighted by Crippen LogP contribution is 2.22. The van der Waals surface area contributed by atoms with Crippen molar-refractivity contribution in [2.24, 2.45) is 5.41 Å². The summed E-state index contributed by atoms with van der Waals surface area (Å²) in [5, 5.41) is 0. The van der Waals surface area contributed by atoms with Gasteiger partial charge < -0.3 is 19.5 Å². The van der Waals surface area contributed by atoms with Crippen LogP contribution in [0.2, 0.25) is 0 Å². The van der Waals surface area contributed by atoms with Crippen LogP contribution in [0.5, 0.6) is 0 Å². The molecule has 1 aromatic heterocycles. The zero-order valence-corrected chi connectivity index (χ0v) is 16.6. The Bertz CT molecular complexity index is 707. The molecule has 0 bridgehead atoms. The largest absolute Gasteiger partial charge is 0.462 e. The molecule has 2 amide bonds. The van der Waals surface area contributed by atoms with E-state index >= 15 is 0 Å². The van der Waals surface area contributed by atoms with E-state index in [1.54, 1.807) is 30.6 Å². The van der Waals surface area contributed by atoms with E-state index in [-0.39, 0.29) is 18.4 Å². The quantitative estimate of drug-likeness (QED) is 0.834. The molecule has 0 radical (unpaired) electrons.